The summed E-state index contributed by atoms with van der Waals surface area (Å²) in [6, 6.07) is 3.59. The number of alkyl halides is 3. The number of amides is 1. The molecule has 2 heterocycles. The van der Waals surface area contributed by atoms with E-state index in [4.69, 9.17) is 0 Å². The monoisotopic (exact) mass is 378 g/mol. The number of anilines is 2. The first-order chi connectivity index (χ1) is 12.8. The number of hydrogen-bond acceptors (Lipinski definition) is 4. The van der Waals surface area contributed by atoms with Gasteiger partial charge >= 0.3 is 6.18 Å². The summed E-state index contributed by atoms with van der Waals surface area (Å²) in [4.78, 5) is 22.7. The highest BCUT2D eigenvalue weighted by molar-refractivity contribution is 5.91. The van der Waals surface area contributed by atoms with Crippen molar-refractivity contribution in [1.82, 2.24) is 9.97 Å². The average Bonchev–Trinajstić information content (AvgIpc) is 2.62. The number of nitrogens with one attached hydrogen (secondary N) is 1. The molecule has 0 unspecified atom stereocenters. The van der Waals surface area contributed by atoms with Crippen LogP contribution in [0.4, 0.5) is 24.7 Å². The van der Waals surface area contributed by atoms with Gasteiger partial charge < -0.3 is 10.2 Å². The molecule has 0 aliphatic carbocycles. The van der Waals surface area contributed by atoms with Crippen molar-refractivity contribution in [3.63, 3.8) is 0 Å². The Labute approximate surface area is 155 Å². The third-order valence-electron chi connectivity index (χ3n) is 4.65. The van der Waals surface area contributed by atoms with E-state index in [9.17, 15) is 18.0 Å². The van der Waals surface area contributed by atoms with E-state index in [-0.39, 0.29) is 17.5 Å². The normalized spacial score (nSPS) is 15.6. The van der Waals surface area contributed by atoms with Gasteiger partial charge in [0, 0.05) is 37.6 Å². The zero-order valence-corrected chi connectivity index (χ0v) is 15.0. The van der Waals surface area contributed by atoms with Crippen molar-refractivity contribution in [1.29, 1.82) is 0 Å². The van der Waals surface area contributed by atoms with E-state index >= 15 is 0 Å². The number of nitrogens with zero attached hydrogens (tertiary/aromatic N) is 3. The Balaban J connectivity index is 1.54. The van der Waals surface area contributed by atoms with Crippen LogP contribution < -0.4 is 10.2 Å². The fraction of sp³-hybridized carbons (Fsp3) is 0.421. The molecule has 1 saturated heterocycles. The summed E-state index contributed by atoms with van der Waals surface area (Å²) in [5.41, 5.74) is -0.114. The molecule has 3 rings (SSSR count). The summed E-state index contributed by atoms with van der Waals surface area (Å²) in [5, 5.41) is 2.61. The number of aromatic nitrogens is 2. The third kappa shape index (κ3) is 5.18. The zero-order valence-electron chi connectivity index (χ0n) is 15.0. The number of piperidine rings is 1. The molecule has 0 saturated carbocycles. The molecular formula is C19H21F3N4O. The minimum absolute atomic E-state index is 0.185. The number of hydrogen-bond donors (Lipinski definition) is 1. The molecular weight excluding hydrogens is 357 g/mol. The van der Waals surface area contributed by atoms with E-state index in [0.717, 1.165) is 43.9 Å². The molecule has 0 spiro atoms. The number of halogens is 3. The van der Waals surface area contributed by atoms with Crippen molar-refractivity contribution in [2.24, 2.45) is 5.92 Å². The van der Waals surface area contributed by atoms with Crippen LogP contribution in [-0.2, 0) is 11.0 Å². The molecule has 1 aliphatic rings. The Hall–Kier alpha value is -2.64. The van der Waals surface area contributed by atoms with Gasteiger partial charge in [0.1, 0.15) is 5.82 Å². The first-order valence-electron chi connectivity index (χ1n) is 8.81. The molecule has 1 aromatic heterocycles. The summed E-state index contributed by atoms with van der Waals surface area (Å²) in [5.74, 6) is 0.760. The van der Waals surface area contributed by atoms with Crippen molar-refractivity contribution >= 4 is 17.4 Å². The van der Waals surface area contributed by atoms with Gasteiger partial charge in [0.2, 0.25) is 5.91 Å². The van der Waals surface area contributed by atoms with Crippen LogP contribution in [0.2, 0.25) is 0 Å². The second-order valence-corrected chi connectivity index (χ2v) is 6.83. The van der Waals surface area contributed by atoms with Crippen LogP contribution >= 0.6 is 0 Å². The van der Waals surface area contributed by atoms with E-state index in [0.29, 0.717) is 12.0 Å². The van der Waals surface area contributed by atoms with Crippen LogP contribution in [0.15, 0.2) is 36.8 Å². The van der Waals surface area contributed by atoms with Crippen LogP contribution in [0.1, 0.15) is 30.4 Å². The highest BCUT2D eigenvalue weighted by Crippen LogP contribution is 2.32. The molecule has 0 atom stereocenters. The lowest BCUT2D eigenvalue weighted by Gasteiger charge is -2.32. The molecule has 1 aliphatic heterocycles. The minimum atomic E-state index is -4.43. The standard InChI is InChI=1S/C19H21F3N4O/c1-13-8-15(19(20,21)22)11-16(9-13)25-18(27)10-14-2-6-26(7-3-14)17-12-23-4-5-24-17/h4-5,8-9,11-12,14H,2-3,6-7,10H2,1H3,(H,25,27). The number of aryl methyl sites for hydroxylation is 1. The topological polar surface area (TPSA) is 58.1 Å². The van der Waals surface area contributed by atoms with E-state index < -0.39 is 11.7 Å². The maximum Gasteiger partial charge on any atom is 0.416 e. The van der Waals surface area contributed by atoms with Gasteiger partial charge in [-0.05, 0) is 49.4 Å². The van der Waals surface area contributed by atoms with E-state index in [1.165, 1.54) is 0 Å². The average molecular weight is 378 g/mol. The van der Waals surface area contributed by atoms with Crippen LogP contribution in [-0.4, -0.2) is 29.0 Å². The van der Waals surface area contributed by atoms with Crippen molar-refractivity contribution in [2.75, 3.05) is 23.3 Å². The highest BCUT2D eigenvalue weighted by Gasteiger charge is 2.31. The number of rotatable bonds is 4. The molecule has 5 nitrogen and oxygen atoms in total. The van der Waals surface area contributed by atoms with Gasteiger partial charge in [-0.25, -0.2) is 4.98 Å². The largest absolute Gasteiger partial charge is 0.416 e. The summed E-state index contributed by atoms with van der Waals surface area (Å²) in [7, 11) is 0. The lowest BCUT2D eigenvalue weighted by atomic mass is 9.93. The van der Waals surface area contributed by atoms with Crippen LogP contribution in [0.5, 0.6) is 0 Å². The smallest absolute Gasteiger partial charge is 0.355 e. The Morgan fingerprint density at radius 1 is 1.22 bits per heavy atom. The van der Waals surface area contributed by atoms with Crippen molar-refractivity contribution < 1.29 is 18.0 Å². The molecule has 1 fully saturated rings. The minimum Gasteiger partial charge on any atom is -0.355 e. The lowest BCUT2D eigenvalue weighted by Crippen LogP contribution is -2.35. The van der Waals surface area contributed by atoms with Gasteiger partial charge in [-0.3, -0.25) is 9.78 Å². The molecule has 27 heavy (non-hydrogen) atoms. The van der Waals surface area contributed by atoms with Crippen molar-refractivity contribution in [3.05, 3.63) is 47.9 Å². The first-order valence-corrected chi connectivity index (χ1v) is 8.81. The molecule has 1 N–H and O–H groups in total. The fourth-order valence-electron chi connectivity index (χ4n) is 3.31. The van der Waals surface area contributed by atoms with Crippen LogP contribution in [0.3, 0.4) is 0 Å². The number of carbonyl (C=O) groups excluding carboxylic acids is 1. The van der Waals surface area contributed by atoms with Gasteiger partial charge in [0.25, 0.3) is 0 Å². The van der Waals surface area contributed by atoms with Gasteiger partial charge in [-0.2, -0.15) is 13.2 Å². The molecule has 8 heteroatoms. The Morgan fingerprint density at radius 3 is 2.59 bits per heavy atom. The maximum absolute atomic E-state index is 12.9. The summed E-state index contributed by atoms with van der Waals surface area (Å²) in [6.07, 6.45) is 2.49. The van der Waals surface area contributed by atoms with Gasteiger partial charge in [-0.15, -0.1) is 0 Å². The zero-order chi connectivity index (χ0) is 19.4. The van der Waals surface area contributed by atoms with Crippen molar-refractivity contribution in [2.45, 2.75) is 32.4 Å². The maximum atomic E-state index is 12.9. The SMILES string of the molecule is Cc1cc(NC(=O)CC2CCN(c3cnccn3)CC2)cc(C(F)(F)F)c1. The number of carbonyl (C=O) groups is 1. The number of benzene rings is 1. The molecule has 144 valence electrons. The third-order valence-corrected chi connectivity index (χ3v) is 4.65. The molecule has 0 radical (unpaired) electrons. The molecule has 0 bridgehead atoms. The van der Waals surface area contributed by atoms with Crippen molar-refractivity contribution in [3.8, 4) is 0 Å². The van der Waals surface area contributed by atoms with Gasteiger partial charge in [0.15, 0.2) is 0 Å². The highest BCUT2D eigenvalue weighted by atomic mass is 19.4. The summed E-state index contributed by atoms with van der Waals surface area (Å²) in [6.45, 7) is 3.13. The fourth-order valence-corrected chi connectivity index (χ4v) is 3.31. The quantitative estimate of drug-likeness (QED) is 0.872. The van der Waals surface area contributed by atoms with Crippen LogP contribution in [0, 0.1) is 12.8 Å². The Kier molecular flexibility index (Phi) is 5.62. The Bertz CT molecular complexity index is 787. The molecule has 1 aromatic carbocycles. The Morgan fingerprint density at radius 2 is 1.96 bits per heavy atom. The lowest BCUT2D eigenvalue weighted by molar-refractivity contribution is -0.137. The first kappa shape index (κ1) is 19.1. The summed E-state index contributed by atoms with van der Waals surface area (Å²) >= 11 is 0. The van der Waals surface area contributed by atoms with E-state index in [2.05, 4.69) is 20.2 Å². The summed E-state index contributed by atoms with van der Waals surface area (Å²) < 4.78 is 38.7. The molecule has 1 amide bonds. The second-order valence-electron chi connectivity index (χ2n) is 6.83. The molecule has 2 aromatic rings. The van der Waals surface area contributed by atoms with E-state index in [1.807, 2.05) is 0 Å². The second kappa shape index (κ2) is 7.94. The van der Waals surface area contributed by atoms with Gasteiger partial charge in [0.05, 0.1) is 11.8 Å². The van der Waals surface area contributed by atoms with E-state index in [1.54, 1.807) is 31.6 Å². The van der Waals surface area contributed by atoms with Crippen LogP contribution in [0.25, 0.3) is 0 Å². The predicted molar refractivity (Wildman–Crippen MR) is 96.4 cm³/mol. The van der Waals surface area contributed by atoms with Gasteiger partial charge in [-0.1, -0.05) is 0 Å². The predicted octanol–water partition coefficient (Wildman–Crippen LogP) is 4.05.